The smallest absolute Gasteiger partial charge is 0.255 e. The zero-order valence-electron chi connectivity index (χ0n) is 10.1. The molecule has 0 aromatic heterocycles. The Morgan fingerprint density at radius 1 is 1.50 bits per heavy atom. The third-order valence-electron chi connectivity index (χ3n) is 2.31. The van der Waals surface area contributed by atoms with Crippen molar-refractivity contribution in [1.82, 2.24) is 4.90 Å². The van der Waals surface area contributed by atoms with Gasteiger partial charge in [-0.1, -0.05) is 11.6 Å². The lowest BCUT2D eigenvalue weighted by molar-refractivity contribution is 0.0620. The molecular weight excluding hydrogens is 382 g/mol. The number of primary sulfonamides is 1. The minimum absolute atomic E-state index is 0.00901. The number of sulfonamides is 1. The zero-order chi connectivity index (χ0) is 15.7. The van der Waals surface area contributed by atoms with Gasteiger partial charge >= 0.3 is 0 Å². The summed E-state index contributed by atoms with van der Waals surface area (Å²) < 4.78 is 47.2. The standard InChI is InChI=1S/C10H10BrClF2N2O3S/c1-16(4-8(13)14)10(17)5-2-6(12)9(11)7(3-5)20(15,18)19/h2-3,8H,4H2,1H3,(H2,15,18,19). The molecule has 5 nitrogen and oxygen atoms in total. The summed E-state index contributed by atoms with van der Waals surface area (Å²) in [5.41, 5.74) is -0.148. The number of nitrogens with two attached hydrogens (primary N) is 1. The summed E-state index contributed by atoms with van der Waals surface area (Å²) in [5.74, 6) is -0.787. The molecule has 112 valence electrons. The number of carbonyl (C=O) groups excluding carboxylic acids is 1. The van der Waals surface area contributed by atoms with Crippen molar-refractivity contribution in [2.45, 2.75) is 11.3 Å². The largest absolute Gasteiger partial charge is 0.336 e. The molecule has 0 aliphatic heterocycles. The average molecular weight is 392 g/mol. The Morgan fingerprint density at radius 3 is 2.50 bits per heavy atom. The number of hydrogen-bond acceptors (Lipinski definition) is 3. The molecule has 0 atom stereocenters. The summed E-state index contributed by atoms with van der Waals surface area (Å²) in [5, 5.41) is 4.93. The number of carbonyl (C=O) groups is 1. The highest BCUT2D eigenvalue weighted by Crippen LogP contribution is 2.31. The average Bonchev–Trinajstić information content (AvgIpc) is 2.29. The van der Waals surface area contributed by atoms with Crippen LogP contribution in [0.15, 0.2) is 21.5 Å². The Labute approximate surface area is 127 Å². The van der Waals surface area contributed by atoms with Crippen molar-refractivity contribution in [2.75, 3.05) is 13.6 Å². The number of halogens is 4. The molecule has 0 radical (unpaired) electrons. The second-order valence-corrected chi connectivity index (χ2v) is 6.62. The monoisotopic (exact) mass is 390 g/mol. The van der Waals surface area contributed by atoms with Gasteiger partial charge in [0.1, 0.15) is 0 Å². The first-order chi connectivity index (χ1) is 9.04. The van der Waals surface area contributed by atoms with Gasteiger partial charge in [-0.15, -0.1) is 0 Å². The molecule has 10 heteroatoms. The molecule has 0 bridgehead atoms. The van der Waals surface area contributed by atoms with E-state index in [1.54, 1.807) is 0 Å². The van der Waals surface area contributed by atoms with E-state index in [1.165, 1.54) is 13.1 Å². The van der Waals surface area contributed by atoms with E-state index in [1.807, 2.05) is 0 Å². The first-order valence-corrected chi connectivity index (χ1v) is 7.81. The van der Waals surface area contributed by atoms with Crippen LogP contribution in [-0.4, -0.2) is 39.2 Å². The van der Waals surface area contributed by atoms with Crippen molar-refractivity contribution in [2.24, 2.45) is 5.14 Å². The maximum Gasteiger partial charge on any atom is 0.255 e. The summed E-state index contributed by atoms with van der Waals surface area (Å²) in [7, 11) is -2.94. The Morgan fingerprint density at radius 2 is 2.05 bits per heavy atom. The molecule has 1 amide bonds. The second-order valence-electron chi connectivity index (χ2n) is 3.89. The van der Waals surface area contributed by atoms with Gasteiger partial charge in [0.2, 0.25) is 10.0 Å². The molecule has 0 unspecified atom stereocenters. The molecule has 0 aliphatic rings. The second kappa shape index (κ2) is 6.33. The van der Waals surface area contributed by atoms with E-state index in [4.69, 9.17) is 16.7 Å². The highest BCUT2D eigenvalue weighted by atomic mass is 79.9. The SMILES string of the molecule is CN(CC(F)F)C(=O)c1cc(Cl)c(Br)c(S(N)(=O)=O)c1. The Bertz CT molecular complexity index is 640. The summed E-state index contributed by atoms with van der Waals surface area (Å²) >= 11 is 8.73. The molecule has 20 heavy (non-hydrogen) atoms. The number of hydrogen-bond donors (Lipinski definition) is 1. The van der Waals surface area contributed by atoms with Crippen molar-refractivity contribution < 1.29 is 22.0 Å². The van der Waals surface area contributed by atoms with Crippen LogP contribution in [0, 0.1) is 0 Å². The predicted octanol–water partition coefficient (Wildman–Crippen LogP) is 2.09. The maximum absolute atomic E-state index is 12.2. The highest BCUT2D eigenvalue weighted by molar-refractivity contribution is 9.10. The van der Waals surface area contributed by atoms with Crippen LogP contribution in [0.1, 0.15) is 10.4 Å². The molecule has 0 aliphatic carbocycles. The van der Waals surface area contributed by atoms with Crippen molar-refractivity contribution in [1.29, 1.82) is 0 Å². The summed E-state index contributed by atoms with van der Waals surface area (Å²) in [6, 6.07) is 2.15. The van der Waals surface area contributed by atoms with Gasteiger partial charge in [-0.25, -0.2) is 22.3 Å². The highest BCUT2D eigenvalue weighted by Gasteiger charge is 2.22. The molecule has 1 rings (SSSR count). The fourth-order valence-corrected chi connectivity index (χ4v) is 3.24. The summed E-state index contributed by atoms with van der Waals surface area (Å²) in [6.45, 7) is -0.781. The Hall–Kier alpha value is -0.770. The molecule has 0 spiro atoms. The van der Waals surface area contributed by atoms with Gasteiger partial charge in [-0.3, -0.25) is 4.79 Å². The van der Waals surface area contributed by atoms with E-state index in [9.17, 15) is 22.0 Å². The van der Waals surface area contributed by atoms with Crippen LogP contribution in [-0.2, 0) is 10.0 Å². The Balaban J connectivity index is 3.28. The molecular formula is C10H10BrClF2N2O3S. The quantitative estimate of drug-likeness (QED) is 0.853. The van der Waals surface area contributed by atoms with Crippen LogP contribution >= 0.6 is 27.5 Å². The van der Waals surface area contributed by atoms with Crippen LogP contribution in [0.4, 0.5) is 8.78 Å². The van der Waals surface area contributed by atoms with Gasteiger partial charge in [0.15, 0.2) is 0 Å². The van der Waals surface area contributed by atoms with E-state index >= 15 is 0 Å². The summed E-state index contributed by atoms with van der Waals surface area (Å²) in [6.07, 6.45) is -2.70. The predicted molar refractivity (Wildman–Crippen MR) is 73.5 cm³/mol. The van der Waals surface area contributed by atoms with Gasteiger partial charge in [0.05, 0.1) is 20.9 Å². The fourth-order valence-electron chi connectivity index (χ4n) is 1.40. The van der Waals surface area contributed by atoms with Crippen molar-refractivity contribution in [3.63, 3.8) is 0 Å². The number of amides is 1. The van der Waals surface area contributed by atoms with Crippen LogP contribution in [0.25, 0.3) is 0 Å². The number of nitrogens with zero attached hydrogens (tertiary/aromatic N) is 1. The molecule has 0 saturated heterocycles. The first kappa shape index (κ1) is 17.3. The molecule has 0 heterocycles. The third-order valence-corrected chi connectivity index (χ3v) is 4.89. The molecule has 0 fully saturated rings. The van der Waals surface area contributed by atoms with E-state index in [-0.39, 0.29) is 15.1 Å². The van der Waals surface area contributed by atoms with Crippen molar-refractivity contribution in [3.8, 4) is 0 Å². The third kappa shape index (κ3) is 4.11. The lowest BCUT2D eigenvalue weighted by Gasteiger charge is -2.17. The first-order valence-electron chi connectivity index (χ1n) is 5.09. The van der Waals surface area contributed by atoms with E-state index < -0.39 is 33.8 Å². The number of benzene rings is 1. The van der Waals surface area contributed by atoms with Gasteiger partial charge in [-0.2, -0.15) is 0 Å². The molecule has 1 aromatic rings. The number of rotatable bonds is 4. The van der Waals surface area contributed by atoms with Crippen LogP contribution in [0.3, 0.4) is 0 Å². The zero-order valence-corrected chi connectivity index (χ0v) is 13.3. The number of alkyl halides is 2. The van der Waals surface area contributed by atoms with Crippen molar-refractivity contribution in [3.05, 3.63) is 27.2 Å². The van der Waals surface area contributed by atoms with Crippen molar-refractivity contribution >= 4 is 43.5 Å². The van der Waals surface area contributed by atoms with Gasteiger partial charge in [-0.05, 0) is 28.1 Å². The minimum Gasteiger partial charge on any atom is -0.336 e. The van der Waals surface area contributed by atoms with Gasteiger partial charge in [0.25, 0.3) is 12.3 Å². The lowest BCUT2D eigenvalue weighted by atomic mass is 10.2. The Kier molecular flexibility index (Phi) is 5.47. The van der Waals surface area contributed by atoms with Crippen LogP contribution < -0.4 is 5.14 Å². The molecule has 0 saturated carbocycles. The maximum atomic E-state index is 12.2. The summed E-state index contributed by atoms with van der Waals surface area (Å²) in [4.78, 5) is 12.3. The van der Waals surface area contributed by atoms with Gasteiger partial charge in [0, 0.05) is 12.6 Å². The molecule has 2 N–H and O–H groups in total. The van der Waals surface area contributed by atoms with Crippen LogP contribution in [0.5, 0.6) is 0 Å². The van der Waals surface area contributed by atoms with E-state index in [0.29, 0.717) is 0 Å². The lowest BCUT2D eigenvalue weighted by Crippen LogP contribution is -2.31. The molecule has 1 aromatic carbocycles. The topological polar surface area (TPSA) is 80.5 Å². The minimum atomic E-state index is -4.11. The van der Waals surface area contributed by atoms with E-state index in [2.05, 4.69) is 15.9 Å². The van der Waals surface area contributed by atoms with Gasteiger partial charge < -0.3 is 4.90 Å². The fraction of sp³-hybridized carbons (Fsp3) is 0.300. The normalized spacial score (nSPS) is 11.8. The van der Waals surface area contributed by atoms with Crippen LogP contribution in [0.2, 0.25) is 5.02 Å². The van der Waals surface area contributed by atoms with E-state index in [0.717, 1.165) is 11.0 Å².